The number of aromatic amines is 1. The molecule has 2 aromatic carbocycles. The Labute approximate surface area is 145 Å². The summed E-state index contributed by atoms with van der Waals surface area (Å²) < 4.78 is 0. The molecule has 1 heterocycles. The molecule has 3 aromatic rings. The van der Waals surface area contributed by atoms with Gasteiger partial charge in [-0.25, -0.2) is 4.79 Å². The summed E-state index contributed by atoms with van der Waals surface area (Å²) in [5.41, 5.74) is 1.61. The van der Waals surface area contributed by atoms with Crippen molar-refractivity contribution in [2.45, 2.75) is 30.9 Å². The van der Waals surface area contributed by atoms with E-state index in [0.29, 0.717) is 18.5 Å². The molecule has 1 saturated carbocycles. The molecule has 2 atom stereocenters. The van der Waals surface area contributed by atoms with Crippen molar-refractivity contribution in [2.75, 3.05) is 5.32 Å². The first-order valence-electron chi connectivity index (χ1n) is 8.42. The summed E-state index contributed by atoms with van der Waals surface area (Å²) in [7, 11) is 0. The Balaban J connectivity index is 1.41. The van der Waals surface area contributed by atoms with Crippen molar-refractivity contribution in [1.82, 2.24) is 15.5 Å². The van der Waals surface area contributed by atoms with Gasteiger partial charge in [-0.05, 0) is 30.5 Å². The highest BCUT2D eigenvalue weighted by molar-refractivity contribution is 6.00. The Hall–Kier alpha value is -2.86. The third kappa shape index (κ3) is 3.08. The molecule has 1 aliphatic rings. The first-order chi connectivity index (χ1) is 12.1. The Morgan fingerprint density at radius 2 is 2.04 bits per heavy atom. The fourth-order valence-corrected chi connectivity index (χ4v) is 3.58. The second-order valence-corrected chi connectivity index (χ2v) is 6.57. The van der Waals surface area contributed by atoms with Gasteiger partial charge in [0.25, 0.3) is 0 Å². The molecule has 0 unspecified atom stereocenters. The van der Waals surface area contributed by atoms with E-state index in [-0.39, 0.29) is 12.1 Å². The number of carbonyl (C=O) groups excluding carboxylic acids is 1. The maximum Gasteiger partial charge on any atom is 0.319 e. The number of benzene rings is 2. The minimum atomic E-state index is -0.871. The van der Waals surface area contributed by atoms with Gasteiger partial charge in [-0.15, -0.1) is 0 Å². The van der Waals surface area contributed by atoms with E-state index in [4.69, 9.17) is 0 Å². The molecule has 0 saturated heterocycles. The molecule has 4 N–H and O–H groups in total. The molecular weight excluding hydrogens is 316 g/mol. The summed E-state index contributed by atoms with van der Waals surface area (Å²) in [5, 5.41) is 24.4. The second-order valence-electron chi connectivity index (χ2n) is 6.57. The van der Waals surface area contributed by atoms with E-state index in [1.165, 1.54) is 0 Å². The number of urea groups is 1. The number of hydrogen-bond donors (Lipinski definition) is 4. The van der Waals surface area contributed by atoms with Crippen LogP contribution in [0.4, 0.5) is 10.5 Å². The fourth-order valence-electron chi connectivity index (χ4n) is 3.58. The summed E-state index contributed by atoms with van der Waals surface area (Å²) >= 11 is 0. The van der Waals surface area contributed by atoms with E-state index < -0.39 is 5.60 Å². The summed E-state index contributed by atoms with van der Waals surface area (Å²) in [6.07, 6.45) is 3.59. The van der Waals surface area contributed by atoms with E-state index in [1.54, 1.807) is 6.20 Å². The zero-order valence-electron chi connectivity index (χ0n) is 13.7. The monoisotopic (exact) mass is 336 g/mol. The van der Waals surface area contributed by atoms with Gasteiger partial charge >= 0.3 is 6.03 Å². The number of nitrogens with one attached hydrogen (secondary N) is 3. The maximum absolute atomic E-state index is 12.3. The topological polar surface area (TPSA) is 90.0 Å². The van der Waals surface area contributed by atoms with Crippen molar-refractivity contribution in [1.29, 1.82) is 0 Å². The third-order valence-corrected chi connectivity index (χ3v) is 4.87. The van der Waals surface area contributed by atoms with Crippen LogP contribution in [-0.2, 0) is 5.60 Å². The number of H-pyrrole nitrogens is 1. The van der Waals surface area contributed by atoms with E-state index in [1.807, 2.05) is 48.5 Å². The van der Waals surface area contributed by atoms with E-state index >= 15 is 0 Å². The van der Waals surface area contributed by atoms with Crippen LogP contribution in [0.1, 0.15) is 24.8 Å². The molecule has 4 rings (SSSR count). The zero-order valence-corrected chi connectivity index (χ0v) is 13.7. The number of amides is 2. The van der Waals surface area contributed by atoms with Gasteiger partial charge in [-0.1, -0.05) is 36.4 Å². The van der Waals surface area contributed by atoms with Crippen LogP contribution in [0, 0.1) is 0 Å². The highest BCUT2D eigenvalue weighted by atomic mass is 16.3. The van der Waals surface area contributed by atoms with Crippen molar-refractivity contribution in [3.05, 3.63) is 60.3 Å². The minimum absolute atomic E-state index is 0.0613. The smallest absolute Gasteiger partial charge is 0.319 e. The molecule has 2 amide bonds. The Kier molecular flexibility index (Phi) is 3.89. The van der Waals surface area contributed by atoms with Gasteiger partial charge < -0.3 is 15.7 Å². The fraction of sp³-hybridized carbons (Fsp3) is 0.263. The quantitative estimate of drug-likeness (QED) is 0.592. The lowest BCUT2D eigenvalue weighted by molar-refractivity contribution is 0.0423. The normalized spacial score (nSPS) is 22.8. The number of rotatable bonds is 3. The van der Waals surface area contributed by atoms with E-state index in [2.05, 4.69) is 20.8 Å². The van der Waals surface area contributed by atoms with Crippen LogP contribution < -0.4 is 10.6 Å². The summed E-state index contributed by atoms with van der Waals surface area (Å²) in [5.74, 6) is 0. The number of aromatic nitrogens is 2. The van der Waals surface area contributed by atoms with Crippen molar-refractivity contribution in [3.63, 3.8) is 0 Å². The third-order valence-electron chi connectivity index (χ3n) is 4.87. The Morgan fingerprint density at radius 3 is 2.88 bits per heavy atom. The van der Waals surface area contributed by atoms with Gasteiger partial charge in [0.05, 0.1) is 23.0 Å². The van der Waals surface area contributed by atoms with Gasteiger partial charge in [-0.3, -0.25) is 5.10 Å². The number of anilines is 1. The molecule has 1 fully saturated rings. The number of fused-ring (bicyclic) bond motifs is 1. The van der Waals surface area contributed by atoms with Crippen molar-refractivity contribution < 1.29 is 9.90 Å². The molecule has 1 aliphatic carbocycles. The second kappa shape index (κ2) is 6.22. The molecule has 6 nitrogen and oxygen atoms in total. The summed E-state index contributed by atoms with van der Waals surface area (Å²) in [6.45, 7) is 0. The molecular formula is C19H20N4O2. The predicted octanol–water partition coefficient (Wildman–Crippen LogP) is 3.12. The van der Waals surface area contributed by atoms with Crippen LogP contribution in [-0.4, -0.2) is 27.4 Å². The molecule has 25 heavy (non-hydrogen) atoms. The number of hydrogen-bond acceptors (Lipinski definition) is 3. The predicted molar refractivity (Wildman–Crippen MR) is 96.2 cm³/mol. The zero-order chi connectivity index (χ0) is 17.3. The first-order valence-corrected chi connectivity index (χ1v) is 8.42. The van der Waals surface area contributed by atoms with Crippen molar-refractivity contribution in [2.24, 2.45) is 0 Å². The molecule has 128 valence electrons. The largest absolute Gasteiger partial charge is 0.385 e. The van der Waals surface area contributed by atoms with Crippen LogP contribution in [0.5, 0.6) is 0 Å². The summed E-state index contributed by atoms with van der Waals surface area (Å²) in [6, 6.07) is 14.9. The van der Waals surface area contributed by atoms with Crippen LogP contribution in [0.3, 0.4) is 0 Å². The first kappa shape index (κ1) is 15.7. The molecule has 6 heteroatoms. The van der Waals surface area contributed by atoms with E-state index in [9.17, 15) is 9.90 Å². The molecule has 1 aromatic heterocycles. The average molecular weight is 336 g/mol. The van der Waals surface area contributed by atoms with Gasteiger partial charge in [0.1, 0.15) is 0 Å². The van der Waals surface area contributed by atoms with Gasteiger partial charge in [0, 0.05) is 17.8 Å². The molecule has 0 aliphatic heterocycles. The minimum Gasteiger partial charge on any atom is -0.385 e. The summed E-state index contributed by atoms with van der Waals surface area (Å²) in [4.78, 5) is 12.3. The number of carbonyl (C=O) groups is 1. The lowest BCUT2D eigenvalue weighted by Crippen LogP contribution is -2.37. The number of nitrogens with zero attached hydrogens (tertiary/aromatic N) is 1. The maximum atomic E-state index is 12.3. The molecule has 0 radical (unpaired) electrons. The van der Waals surface area contributed by atoms with Gasteiger partial charge in [-0.2, -0.15) is 5.10 Å². The van der Waals surface area contributed by atoms with Crippen molar-refractivity contribution >= 4 is 22.6 Å². The van der Waals surface area contributed by atoms with Crippen LogP contribution in [0.25, 0.3) is 10.9 Å². The van der Waals surface area contributed by atoms with Crippen LogP contribution in [0.2, 0.25) is 0 Å². The standard InChI is InChI=1S/C19H20N4O2/c24-18(22-16-7-4-8-17-15(16)12-20-23-17)21-14-9-10-19(25,11-14)13-5-2-1-3-6-13/h1-8,12,14,25H,9-11H2,(H,20,23)(H2,21,22,24)/t14-,19+/m1/s1. The molecule has 0 bridgehead atoms. The van der Waals surface area contributed by atoms with Gasteiger partial charge in [0.15, 0.2) is 0 Å². The van der Waals surface area contributed by atoms with E-state index in [0.717, 1.165) is 22.9 Å². The van der Waals surface area contributed by atoms with Crippen LogP contribution in [0.15, 0.2) is 54.7 Å². The van der Waals surface area contributed by atoms with Gasteiger partial charge in [0.2, 0.25) is 0 Å². The lowest BCUT2D eigenvalue weighted by Gasteiger charge is -2.23. The SMILES string of the molecule is O=C(Nc1cccc2[nH]ncc12)N[C@@H]1CC[C@@](O)(c2ccccc2)C1. The van der Waals surface area contributed by atoms with Crippen molar-refractivity contribution in [3.8, 4) is 0 Å². The Bertz CT molecular complexity index is 893. The highest BCUT2D eigenvalue weighted by Gasteiger charge is 2.39. The van der Waals surface area contributed by atoms with Crippen LogP contribution >= 0.6 is 0 Å². The lowest BCUT2D eigenvalue weighted by atomic mass is 9.92. The number of aliphatic hydroxyl groups is 1. The Morgan fingerprint density at radius 1 is 1.20 bits per heavy atom. The average Bonchev–Trinajstić information content (AvgIpc) is 3.24. The molecule has 0 spiro atoms. The highest BCUT2D eigenvalue weighted by Crippen LogP contribution is 2.38.